The number of fused-ring (bicyclic) bond motifs is 2. The monoisotopic (exact) mass is 703 g/mol. The molecule has 2 aliphatic rings. The number of carbonyl (C=O) groups excluding carboxylic acids is 4. The highest BCUT2D eigenvalue weighted by Crippen LogP contribution is 2.43. The quantitative estimate of drug-likeness (QED) is 0.171. The molecule has 0 spiro atoms. The second kappa shape index (κ2) is 15.8. The van der Waals surface area contributed by atoms with Crippen LogP contribution in [0.2, 0.25) is 0 Å². The van der Waals surface area contributed by atoms with E-state index < -0.39 is 22.4 Å². The van der Waals surface area contributed by atoms with Crippen LogP contribution in [0, 0.1) is 17.4 Å². The van der Waals surface area contributed by atoms with E-state index in [2.05, 4.69) is 17.0 Å². The van der Waals surface area contributed by atoms with Crippen molar-refractivity contribution >= 4 is 58.7 Å². The molecule has 0 saturated carbocycles. The van der Waals surface area contributed by atoms with Crippen molar-refractivity contribution < 1.29 is 28.7 Å². The first-order valence-electron chi connectivity index (χ1n) is 15.7. The lowest BCUT2D eigenvalue weighted by Crippen LogP contribution is -2.40. The number of benzene rings is 4. The first kappa shape index (κ1) is 34.3. The van der Waals surface area contributed by atoms with Crippen molar-refractivity contribution in [1.82, 2.24) is 0 Å². The van der Waals surface area contributed by atoms with E-state index in [1.807, 2.05) is 60.7 Å². The molecule has 0 fully saturated rings. The molecule has 2 unspecified atom stereocenters. The van der Waals surface area contributed by atoms with Gasteiger partial charge < -0.3 is 19.3 Å². The molecule has 4 aromatic carbocycles. The third kappa shape index (κ3) is 7.68. The smallest absolute Gasteiger partial charge is 0.407 e. The summed E-state index contributed by atoms with van der Waals surface area (Å²) in [6.07, 6.45) is 0.242. The van der Waals surface area contributed by atoms with Gasteiger partial charge >= 0.3 is 18.7 Å². The zero-order valence-corrected chi connectivity index (χ0v) is 28.6. The molecule has 6 rings (SSSR count). The summed E-state index contributed by atoms with van der Waals surface area (Å²) in [4.78, 5) is 61.4. The van der Waals surface area contributed by atoms with E-state index in [-0.39, 0.29) is 37.0 Å². The Balaban J connectivity index is 1.13. The van der Waals surface area contributed by atoms with Gasteiger partial charge in [-0.05, 0) is 52.4 Å². The number of rotatable bonds is 9. The number of thioether (sulfide) groups is 2. The highest BCUT2D eigenvalue weighted by Gasteiger charge is 2.36. The van der Waals surface area contributed by atoms with E-state index >= 15 is 0 Å². The van der Waals surface area contributed by atoms with Crippen molar-refractivity contribution in [3.05, 3.63) is 124 Å². The van der Waals surface area contributed by atoms with Gasteiger partial charge in [0.2, 0.25) is 11.8 Å². The molecule has 50 heavy (non-hydrogen) atoms. The van der Waals surface area contributed by atoms with Crippen LogP contribution in [0.1, 0.15) is 44.7 Å². The number of esters is 2. The predicted octanol–water partition coefficient (Wildman–Crippen LogP) is 6.94. The summed E-state index contributed by atoms with van der Waals surface area (Å²) in [5, 5.41) is 8.21. The van der Waals surface area contributed by atoms with Crippen LogP contribution in [0.5, 0.6) is 0 Å². The molecule has 4 aromatic rings. The van der Waals surface area contributed by atoms with Gasteiger partial charge in [0.25, 0.3) is 6.07 Å². The van der Waals surface area contributed by atoms with Crippen LogP contribution in [-0.4, -0.2) is 48.1 Å². The molecule has 10 nitrogen and oxygen atoms in total. The molecule has 250 valence electrons. The molecule has 2 heterocycles. The molecule has 2 amide bonds. The van der Waals surface area contributed by atoms with Gasteiger partial charge in [0.05, 0.1) is 55.2 Å². The van der Waals surface area contributed by atoms with Crippen LogP contribution >= 0.6 is 23.5 Å². The van der Waals surface area contributed by atoms with Crippen LogP contribution in [0.15, 0.2) is 107 Å². The second-order valence-corrected chi connectivity index (χ2v) is 13.8. The van der Waals surface area contributed by atoms with Gasteiger partial charge in [-0.25, -0.2) is 9.59 Å². The lowest BCUT2D eigenvalue weighted by Gasteiger charge is -2.33. The van der Waals surface area contributed by atoms with Gasteiger partial charge in [-0.1, -0.05) is 60.7 Å². The molecule has 0 saturated heterocycles. The summed E-state index contributed by atoms with van der Waals surface area (Å²) in [6, 6.07) is 34.2. The first-order chi connectivity index (χ1) is 24.4. The van der Waals surface area contributed by atoms with Crippen molar-refractivity contribution in [2.45, 2.75) is 46.2 Å². The highest BCUT2D eigenvalue weighted by atomic mass is 32.2. The lowest BCUT2D eigenvalue weighted by atomic mass is 10.1. The maximum atomic E-state index is 13.7. The zero-order chi connectivity index (χ0) is 35.0. The standard InChI is InChI=1S/C38H31N4O6S2/c1-47-37(45)27-12-14-32-29(20-27)42(23-26-10-6-3-7-11-26)36(44)34(50-32)17-19-40-24-48-38(46)28-13-15-31-30(21-28)41(22-25-8-4-2-5-9-25)35(43)33(49-31)16-18-39/h2-15,20-21,33-34H,16-17,22-24H2,1H3/q+1. The van der Waals surface area contributed by atoms with Crippen LogP contribution in [0.25, 0.3) is 4.85 Å². The van der Waals surface area contributed by atoms with Crippen LogP contribution < -0.4 is 9.80 Å². The zero-order valence-electron chi connectivity index (χ0n) is 27.0. The van der Waals surface area contributed by atoms with Crippen molar-refractivity contribution in [3.8, 4) is 12.1 Å². The fraction of sp³-hybridized carbons (Fsp3) is 0.211. The van der Waals surface area contributed by atoms with Crippen LogP contribution in [0.3, 0.4) is 0 Å². The lowest BCUT2D eigenvalue weighted by molar-refractivity contribution is -0.119. The first-order valence-corrected chi connectivity index (χ1v) is 17.5. The summed E-state index contributed by atoms with van der Waals surface area (Å²) in [6.45, 7) is 0.306. The minimum Gasteiger partial charge on any atom is -0.465 e. The third-order valence-electron chi connectivity index (χ3n) is 8.07. The molecule has 0 bridgehead atoms. The van der Waals surface area contributed by atoms with Gasteiger partial charge in [-0.3, -0.25) is 9.59 Å². The average molecular weight is 704 g/mol. The molecule has 2 atom stereocenters. The third-order valence-corrected chi connectivity index (χ3v) is 10.6. The summed E-state index contributed by atoms with van der Waals surface area (Å²) in [7, 11) is 1.31. The number of anilines is 2. The molecule has 2 aliphatic heterocycles. The van der Waals surface area contributed by atoms with E-state index in [0.29, 0.717) is 30.0 Å². The summed E-state index contributed by atoms with van der Waals surface area (Å²) in [5.74, 6) is -1.46. The molecule has 0 N–H and O–H groups in total. The van der Waals surface area contributed by atoms with Gasteiger partial charge in [-0.2, -0.15) is 5.26 Å². The summed E-state index contributed by atoms with van der Waals surface area (Å²) >= 11 is 2.67. The number of nitrogens with zero attached hydrogens (tertiary/aromatic N) is 4. The Bertz CT molecular complexity index is 2040. The van der Waals surface area contributed by atoms with Crippen molar-refractivity contribution in [3.63, 3.8) is 0 Å². The van der Waals surface area contributed by atoms with E-state index in [0.717, 1.165) is 20.9 Å². The molecular formula is C38H31N4O6S2+. The molecule has 0 radical (unpaired) electrons. The Morgan fingerprint density at radius 1 is 0.740 bits per heavy atom. The Morgan fingerprint density at radius 2 is 1.24 bits per heavy atom. The van der Waals surface area contributed by atoms with E-state index in [4.69, 9.17) is 9.47 Å². The minimum atomic E-state index is -0.623. The average Bonchev–Trinajstić information content (AvgIpc) is 3.14. The highest BCUT2D eigenvalue weighted by molar-refractivity contribution is 8.01. The number of nitriles is 1. The summed E-state index contributed by atoms with van der Waals surface area (Å²) < 4.78 is 10.3. The minimum absolute atomic E-state index is 0.0748. The number of amides is 2. The Labute approximate surface area is 297 Å². The fourth-order valence-electron chi connectivity index (χ4n) is 5.59. The second-order valence-electron chi connectivity index (χ2n) is 11.3. The van der Waals surface area contributed by atoms with Gasteiger partial charge in [-0.15, -0.1) is 23.5 Å². The number of hydrogen-bond acceptors (Lipinski definition) is 9. The van der Waals surface area contributed by atoms with Crippen molar-refractivity contribution in [2.24, 2.45) is 0 Å². The maximum Gasteiger partial charge on any atom is 0.407 e. The number of carbonyl (C=O) groups is 4. The van der Waals surface area contributed by atoms with Gasteiger partial charge in [0, 0.05) is 9.79 Å². The topological polar surface area (TPSA) is 121 Å². The molecular weight excluding hydrogens is 673 g/mol. The van der Waals surface area contributed by atoms with E-state index in [1.54, 1.807) is 46.2 Å². The molecule has 0 aromatic heterocycles. The number of methoxy groups -OCH3 is 1. The Morgan fingerprint density at radius 3 is 1.74 bits per heavy atom. The normalized spacial score (nSPS) is 16.3. The van der Waals surface area contributed by atoms with Crippen molar-refractivity contribution in [1.29, 1.82) is 5.26 Å². The van der Waals surface area contributed by atoms with E-state index in [1.165, 1.54) is 30.6 Å². The Kier molecular flexibility index (Phi) is 10.8. The van der Waals surface area contributed by atoms with Gasteiger partial charge in [0.1, 0.15) is 16.9 Å². The summed E-state index contributed by atoms with van der Waals surface area (Å²) in [5.41, 5.74) is 3.65. The van der Waals surface area contributed by atoms with Crippen molar-refractivity contribution in [2.75, 3.05) is 23.6 Å². The fourth-order valence-corrected chi connectivity index (χ4v) is 7.84. The Hall–Kier alpha value is -5.56. The molecule has 12 heteroatoms. The SMILES string of the molecule is COC(=O)c1ccc2c(c1)N(Cc1ccccc1)C(=O)C(CC#[N+]COC(=O)c1ccc3c(c1)N(Cc1ccccc1)C(=O)C(CC#N)S3)S2. The number of ether oxygens (including phenoxy) is 2. The molecule has 0 aliphatic carbocycles. The predicted molar refractivity (Wildman–Crippen MR) is 191 cm³/mol. The maximum absolute atomic E-state index is 13.7. The van der Waals surface area contributed by atoms with E-state index in [9.17, 15) is 24.4 Å². The van der Waals surface area contributed by atoms with Gasteiger partial charge in [0.15, 0.2) is 0 Å². The van der Waals surface area contributed by atoms with Crippen LogP contribution in [0.4, 0.5) is 11.4 Å². The van der Waals surface area contributed by atoms with Crippen LogP contribution in [-0.2, 0) is 32.2 Å². The number of hydrogen-bond donors (Lipinski definition) is 0. The largest absolute Gasteiger partial charge is 0.465 e.